The molecule has 3 aromatic rings. The molecule has 7 nitrogen and oxygen atoms in total. The molecule has 2 aromatic heterocycles. The topological polar surface area (TPSA) is 67.2 Å². The Kier molecular flexibility index (Phi) is 5.21. The van der Waals surface area contributed by atoms with Crippen LogP contribution >= 0.6 is 0 Å². The van der Waals surface area contributed by atoms with Gasteiger partial charge in [-0.3, -0.25) is 9.69 Å². The van der Waals surface area contributed by atoms with Gasteiger partial charge in [-0.1, -0.05) is 30.5 Å². The third kappa shape index (κ3) is 3.58. The lowest BCUT2D eigenvalue weighted by Gasteiger charge is -2.40. The summed E-state index contributed by atoms with van der Waals surface area (Å²) in [6.45, 7) is 5.57. The molecule has 1 saturated heterocycles. The Morgan fingerprint density at radius 2 is 1.83 bits per heavy atom. The molecule has 0 N–H and O–H groups in total. The highest BCUT2D eigenvalue weighted by molar-refractivity contribution is 5.95. The number of fused-ring (bicyclic) bond motifs is 1. The summed E-state index contributed by atoms with van der Waals surface area (Å²) in [5.74, 6) is 0.0944. The van der Waals surface area contributed by atoms with Gasteiger partial charge in [0.2, 0.25) is 0 Å². The second kappa shape index (κ2) is 8.14. The van der Waals surface area contributed by atoms with E-state index in [-0.39, 0.29) is 5.91 Å². The third-order valence-electron chi connectivity index (χ3n) is 6.59. The molecule has 156 valence electrons. The third-order valence-corrected chi connectivity index (χ3v) is 6.59. The minimum absolute atomic E-state index is 0.0944. The zero-order chi connectivity index (χ0) is 20.5. The smallest absolute Gasteiger partial charge is 0.254 e. The van der Waals surface area contributed by atoms with E-state index in [1.165, 1.54) is 32.1 Å². The lowest BCUT2D eigenvalue weighted by Crippen LogP contribution is -2.52. The van der Waals surface area contributed by atoms with Crippen LogP contribution in [-0.2, 0) is 0 Å². The van der Waals surface area contributed by atoms with Gasteiger partial charge in [0.05, 0.1) is 5.69 Å². The molecule has 0 spiro atoms. The Balaban J connectivity index is 1.34. The van der Waals surface area contributed by atoms with Crippen molar-refractivity contribution in [3.05, 3.63) is 47.7 Å². The first-order chi connectivity index (χ1) is 14.7. The number of benzene rings is 1. The van der Waals surface area contributed by atoms with Gasteiger partial charge in [-0.25, -0.2) is 4.98 Å². The average molecular weight is 405 g/mol. The fourth-order valence-corrected chi connectivity index (χ4v) is 4.82. The maximum atomic E-state index is 13.2. The van der Waals surface area contributed by atoms with Crippen LogP contribution in [0.3, 0.4) is 0 Å². The van der Waals surface area contributed by atoms with Crippen LogP contribution in [-0.4, -0.2) is 67.9 Å². The molecule has 1 aromatic carbocycles. The van der Waals surface area contributed by atoms with Gasteiger partial charge in [-0.2, -0.15) is 4.68 Å². The molecular weight excluding hydrogens is 376 g/mol. The quantitative estimate of drug-likeness (QED) is 0.671. The van der Waals surface area contributed by atoms with E-state index < -0.39 is 0 Å². The largest absolute Gasteiger partial charge is 0.336 e. The van der Waals surface area contributed by atoms with Crippen molar-refractivity contribution >= 4 is 17.1 Å². The minimum atomic E-state index is 0.0944. The minimum Gasteiger partial charge on any atom is -0.336 e. The van der Waals surface area contributed by atoms with Gasteiger partial charge in [-0.15, -0.1) is 5.10 Å². The first-order valence-corrected chi connectivity index (χ1v) is 11.0. The number of carbonyl (C=O) groups excluding carboxylic acids is 1. The fourth-order valence-electron chi connectivity index (χ4n) is 4.82. The van der Waals surface area contributed by atoms with Gasteiger partial charge in [0.1, 0.15) is 5.52 Å². The maximum Gasteiger partial charge on any atom is 0.254 e. The molecule has 0 atom stereocenters. The molecule has 5 rings (SSSR count). The summed E-state index contributed by atoms with van der Waals surface area (Å²) in [5.41, 5.74) is 4.02. The van der Waals surface area contributed by atoms with Crippen molar-refractivity contribution in [2.75, 3.05) is 26.2 Å². The average Bonchev–Trinajstić information content (AvgIpc) is 3.24. The fraction of sp³-hybridized carbons (Fsp3) is 0.478. The molecule has 1 aliphatic heterocycles. The van der Waals surface area contributed by atoms with Gasteiger partial charge in [0.15, 0.2) is 5.65 Å². The summed E-state index contributed by atoms with van der Waals surface area (Å²) < 4.78 is 1.72. The summed E-state index contributed by atoms with van der Waals surface area (Å²) in [5, 5.41) is 8.48. The number of nitrogens with zero attached hydrogens (tertiary/aromatic N) is 6. The van der Waals surface area contributed by atoms with E-state index in [1.54, 1.807) is 10.9 Å². The Bertz CT molecular complexity index is 1050. The lowest BCUT2D eigenvalue weighted by atomic mass is 9.94. The van der Waals surface area contributed by atoms with Crippen LogP contribution in [0.4, 0.5) is 0 Å². The van der Waals surface area contributed by atoms with Crippen molar-refractivity contribution in [1.29, 1.82) is 0 Å². The SMILES string of the molecule is Cc1ccc(C(=O)N2CCN(C3CCCCC3)CC2)cc1-n1nnc2cccnc21. The van der Waals surface area contributed by atoms with Crippen LogP contribution in [0.25, 0.3) is 16.9 Å². The van der Waals surface area contributed by atoms with Gasteiger partial charge < -0.3 is 4.90 Å². The Morgan fingerprint density at radius 1 is 1.03 bits per heavy atom. The summed E-state index contributed by atoms with van der Waals surface area (Å²) in [6.07, 6.45) is 8.44. The number of hydrogen-bond donors (Lipinski definition) is 0. The molecule has 0 bridgehead atoms. The van der Waals surface area contributed by atoms with E-state index in [2.05, 4.69) is 20.2 Å². The van der Waals surface area contributed by atoms with Crippen molar-refractivity contribution in [3.63, 3.8) is 0 Å². The molecule has 2 aliphatic rings. The van der Waals surface area contributed by atoms with Crippen molar-refractivity contribution in [2.45, 2.75) is 45.1 Å². The van der Waals surface area contributed by atoms with Crippen molar-refractivity contribution in [2.24, 2.45) is 0 Å². The van der Waals surface area contributed by atoms with Gasteiger partial charge in [0, 0.05) is 44.0 Å². The van der Waals surface area contributed by atoms with E-state index in [9.17, 15) is 4.79 Å². The predicted molar refractivity (Wildman–Crippen MR) is 116 cm³/mol. The van der Waals surface area contributed by atoms with Gasteiger partial charge >= 0.3 is 0 Å². The Morgan fingerprint density at radius 3 is 2.63 bits per heavy atom. The zero-order valence-corrected chi connectivity index (χ0v) is 17.5. The number of aryl methyl sites for hydroxylation is 1. The van der Waals surface area contributed by atoms with E-state index in [0.717, 1.165) is 49.0 Å². The van der Waals surface area contributed by atoms with Crippen LogP contribution in [0.1, 0.15) is 48.0 Å². The van der Waals surface area contributed by atoms with E-state index in [1.807, 2.05) is 42.2 Å². The summed E-state index contributed by atoms with van der Waals surface area (Å²) >= 11 is 0. The molecule has 2 fully saturated rings. The molecule has 1 aliphatic carbocycles. The van der Waals surface area contributed by atoms with Crippen LogP contribution in [0, 0.1) is 6.92 Å². The highest BCUT2D eigenvalue weighted by Crippen LogP contribution is 2.24. The molecule has 0 unspecified atom stereocenters. The number of hydrogen-bond acceptors (Lipinski definition) is 5. The Hall–Kier alpha value is -2.80. The van der Waals surface area contributed by atoms with E-state index in [0.29, 0.717) is 11.2 Å². The normalized spacial score (nSPS) is 18.8. The first-order valence-electron chi connectivity index (χ1n) is 11.0. The molecule has 0 radical (unpaired) electrons. The summed E-state index contributed by atoms with van der Waals surface area (Å²) in [4.78, 5) is 22.2. The molecule has 1 saturated carbocycles. The number of pyridine rings is 1. The van der Waals surface area contributed by atoms with E-state index >= 15 is 0 Å². The van der Waals surface area contributed by atoms with Crippen LogP contribution in [0.15, 0.2) is 36.5 Å². The van der Waals surface area contributed by atoms with Gasteiger partial charge in [0.25, 0.3) is 5.91 Å². The first kappa shape index (κ1) is 19.2. The van der Waals surface area contributed by atoms with Gasteiger partial charge in [-0.05, 0) is 49.6 Å². The lowest BCUT2D eigenvalue weighted by molar-refractivity contribution is 0.0523. The summed E-state index contributed by atoms with van der Waals surface area (Å²) in [6, 6.07) is 10.3. The van der Waals surface area contributed by atoms with Crippen LogP contribution < -0.4 is 0 Å². The van der Waals surface area contributed by atoms with Crippen LogP contribution in [0.5, 0.6) is 0 Å². The number of rotatable bonds is 3. The molecule has 1 amide bonds. The molecule has 30 heavy (non-hydrogen) atoms. The highest BCUT2D eigenvalue weighted by Gasteiger charge is 2.27. The number of carbonyl (C=O) groups is 1. The van der Waals surface area contributed by atoms with Crippen molar-refractivity contribution in [1.82, 2.24) is 29.8 Å². The summed E-state index contributed by atoms with van der Waals surface area (Å²) in [7, 11) is 0. The monoisotopic (exact) mass is 404 g/mol. The van der Waals surface area contributed by atoms with Crippen molar-refractivity contribution in [3.8, 4) is 5.69 Å². The highest BCUT2D eigenvalue weighted by atomic mass is 16.2. The zero-order valence-electron chi connectivity index (χ0n) is 17.5. The Labute approximate surface area is 176 Å². The number of aromatic nitrogens is 4. The molecule has 7 heteroatoms. The number of piperazine rings is 1. The number of amides is 1. The second-order valence-corrected chi connectivity index (χ2v) is 8.47. The maximum absolute atomic E-state index is 13.2. The predicted octanol–water partition coefficient (Wildman–Crippen LogP) is 3.21. The standard InChI is InChI=1S/C23H28N6O/c1-17-9-10-18(16-21(17)29-22-20(25-26-29)8-5-11-24-22)23(30)28-14-12-27(13-15-28)19-6-3-2-4-7-19/h5,8-11,16,19H,2-4,6-7,12-15H2,1H3. The van der Waals surface area contributed by atoms with Crippen molar-refractivity contribution < 1.29 is 4.79 Å². The molecule has 3 heterocycles. The van der Waals surface area contributed by atoms with Crippen LogP contribution in [0.2, 0.25) is 0 Å². The second-order valence-electron chi connectivity index (χ2n) is 8.47. The molecular formula is C23H28N6O. The van der Waals surface area contributed by atoms with E-state index in [4.69, 9.17) is 0 Å².